The maximum atomic E-state index is 12.3. The summed E-state index contributed by atoms with van der Waals surface area (Å²) >= 11 is 0. The lowest BCUT2D eigenvalue weighted by molar-refractivity contribution is -0.155. The fourth-order valence-electron chi connectivity index (χ4n) is 4.17. The Morgan fingerprint density at radius 1 is 1.07 bits per heavy atom. The first-order valence-electron chi connectivity index (χ1n) is 10.5. The Bertz CT molecular complexity index is 797. The summed E-state index contributed by atoms with van der Waals surface area (Å²) in [4.78, 5) is 14.8. The Labute approximate surface area is 174 Å². The Morgan fingerprint density at radius 2 is 1.83 bits per heavy atom. The van der Waals surface area contributed by atoms with Crippen LogP contribution in [0.15, 0.2) is 54.6 Å². The average molecular weight is 396 g/mol. The molecule has 2 aromatic carbocycles. The first-order chi connectivity index (χ1) is 13.8. The molecule has 2 atom stereocenters. The molecule has 0 amide bonds. The molecule has 2 unspecified atom stereocenters. The van der Waals surface area contributed by atoms with Crippen LogP contribution in [0.2, 0.25) is 0 Å². The second kappa shape index (κ2) is 9.45. The van der Waals surface area contributed by atoms with Crippen LogP contribution in [0, 0.1) is 5.92 Å². The number of nitrogens with zero attached hydrogens (tertiary/aromatic N) is 1. The fourth-order valence-corrected chi connectivity index (χ4v) is 4.17. The molecule has 0 N–H and O–H groups in total. The second-order valence-corrected chi connectivity index (χ2v) is 8.95. The van der Waals surface area contributed by atoms with Gasteiger partial charge in [0.1, 0.15) is 11.4 Å². The maximum absolute atomic E-state index is 12.3. The number of ether oxygens (including phenoxy) is 2. The summed E-state index contributed by atoms with van der Waals surface area (Å²) < 4.78 is 11.0. The van der Waals surface area contributed by atoms with Crippen LogP contribution in [-0.4, -0.2) is 36.7 Å². The predicted molar refractivity (Wildman–Crippen MR) is 116 cm³/mol. The van der Waals surface area contributed by atoms with E-state index in [-0.39, 0.29) is 5.97 Å². The van der Waals surface area contributed by atoms with Gasteiger partial charge < -0.3 is 9.47 Å². The van der Waals surface area contributed by atoms with Gasteiger partial charge in [0, 0.05) is 32.0 Å². The molecule has 4 nitrogen and oxygen atoms in total. The van der Waals surface area contributed by atoms with Gasteiger partial charge in [-0.2, -0.15) is 0 Å². The first kappa shape index (κ1) is 21.4. The van der Waals surface area contributed by atoms with Crippen molar-refractivity contribution in [2.75, 3.05) is 20.2 Å². The van der Waals surface area contributed by atoms with E-state index in [2.05, 4.69) is 53.4 Å². The van der Waals surface area contributed by atoms with E-state index in [9.17, 15) is 4.79 Å². The number of carbonyl (C=O) groups excluding carboxylic acids is 1. The third kappa shape index (κ3) is 6.33. The van der Waals surface area contributed by atoms with Crippen LogP contribution >= 0.6 is 0 Å². The molecule has 1 heterocycles. The number of hydrogen-bond acceptors (Lipinski definition) is 4. The highest BCUT2D eigenvalue weighted by Gasteiger charge is 2.34. The largest absolute Gasteiger partial charge is 0.497 e. The van der Waals surface area contributed by atoms with Gasteiger partial charge in [0.05, 0.1) is 7.11 Å². The smallest absolute Gasteiger partial charge is 0.306 e. The highest BCUT2D eigenvalue weighted by molar-refractivity contribution is 5.69. The van der Waals surface area contributed by atoms with Crippen molar-refractivity contribution >= 4 is 5.97 Å². The summed E-state index contributed by atoms with van der Waals surface area (Å²) in [5, 5.41) is 0. The SMILES string of the molecule is COc1cccc(C2CN(Cc3ccccc3)CC2CCC(=O)OC(C)(C)C)c1. The molecule has 2 aromatic rings. The lowest BCUT2D eigenvalue weighted by Crippen LogP contribution is -2.24. The van der Waals surface area contributed by atoms with E-state index >= 15 is 0 Å². The summed E-state index contributed by atoms with van der Waals surface area (Å²) in [6.07, 6.45) is 1.30. The molecule has 1 fully saturated rings. The van der Waals surface area contributed by atoms with Gasteiger partial charge in [0.25, 0.3) is 0 Å². The zero-order chi connectivity index (χ0) is 20.9. The third-order valence-electron chi connectivity index (χ3n) is 5.43. The van der Waals surface area contributed by atoms with Crippen LogP contribution in [0.4, 0.5) is 0 Å². The number of benzene rings is 2. The van der Waals surface area contributed by atoms with Crippen LogP contribution in [0.3, 0.4) is 0 Å². The van der Waals surface area contributed by atoms with Crippen molar-refractivity contribution < 1.29 is 14.3 Å². The average Bonchev–Trinajstić information content (AvgIpc) is 3.08. The molecule has 1 saturated heterocycles. The van der Waals surface area contributed by atoms with Gasteiger partial charge in [-0.1, -0.05) is 42.5 Å². The predicted octanol–water partition coefficient (Wildman–Crippen LogP) is 5.03. The van der Waals surface area contributed by atoms with Crippen LogP contribution in [0.25, 0.3) is 0 Å². The van der Waals surface area contributed by atoms with E-state index in [1.54, 1.807) is 7.11 Å². The molecule has 3 rings (SSSR count). The van der Waals surface area contributed by atoms with Crippen molar-refractivity contribution in [1.82, 2.24) is 4.90 Å². The normalized spacial score (nSPS) is 19.9. The van der Waals surface area contributed by atoms with Crippen molar-refractivity contribution in [3.63, 3.8) is 0 Å². The molecule has 0 spiro atoms. The Morgan fingerprint density at radius 3 is 2.52 bits per heavy atom. The van der Waals surface area contributed by atoms with Gasteiger partial charge in [0.2, 0.25) is 0 Å². The van der Waals surface area contributed by atoms with E-state index in [0.29, 0.717) is 18.3 Å². The molecule has 0 aromatic heterocycles. The molecular weight excluding hydrogens is 362 g/mol. The molecule has 4 heteroatoms. The number of methoxy groups -OCH3 is 1. The van der Waals surface area contributed by atoms with Crippen molar-refractivity contribution in [2.24, 2.45) is 5.92 Å². The standard InChI is InChI=1S/C25H33NO3/c1-25(2,3)29-24(27)14-13-21-17-26(16-19-9-6-5-7-10-19)18-23(21)20-11-8-12-22(15-20)28-4/h5-12,15,21,23H,13-14,16-18H2,1-4H3. The summed E-state index contributed by atoms with van der Waals surface area (Å²) in [5.74, 6) is 1.58. The monoisotopic (exact) mass is 395 g/mol. The number of rotatable bonds is 7. The zero-order valence-corrected chi connectivity index (χ0v) is 18.1. The topological polar surface area (TPSA) is 38.8 Å². The summed E-state index contributed by atoms with van der Waals surface area (Å²) in [5.41, 5.74) is 2.18. The molecule has 156 valence electrons. The summed E-state index contributed by atoms with van der Waals surface area (Å²) in [7, 11) is 1.70. The number of carbonyl (C=O) groups is 1. The molecule has 0 aliphatic carbocycles. The van der Waals surface area contributed by atoms with Crippen LogP contribution in [0.1, 0.15) is 50.7 Å². The number of likely N-dealkylation sites (tertiary alicyclic amines) is 1. The minimum atomic E-state index is -0.432. The minimum absolute atomic E-state index is 0.108. The zero-order valence-electron chi connectivity index (χ0n) is 18.1. The number of hydrogen-bond donors (Lipinski definition) is 0. The number of esters is 1. The molecular formula is C25H33NO3. The summed E-state index contributed by atoms with van der Waals surface area (Å²) in [6.45, 7) is 8.66. The maximum Gasteiger partial charge on any atom is 0.306 e. The molecule has 1 aliphatic heterocycles. The van der Waals surface area contributed by atoms with Gasteiger partial charge in [-0.3, -0.25) is 9.69 Å². The van der Waals surface area contributed by atoms with Gasteiger partial charge in [-0.25, -0.2) is 0 Å². The quantitative estimate of drug-likeness (QED) is 0.616. The van der Waals surface area contributed by atoms with Gasteiger partial charge in [-0.15, -0.1) is 0 Å². The fraction of sp³-hybridized carbons (Fsp3) is 0.480. The van der Waals surface area contributed by atoms with Crippen molar-refractivity contribution in [3.05, 3.63) is 65.7 Å². The Hall–Kier alpha value is -2.33. The van der Waals surface area contributed by atoms with Crippen molar-refractivity contribution in [3.8, 4) is 5.75 Å². The van der Waals surface area contributed by atoms with Gasteiger partial charge in [-0.05, 0) is 56.4 Å². The molecule has 0 saturated carbocycles. The lowest BCUT2D eigenvalue weighted by Gasteiger charge is -2.22. The van der Waals surface area contributed by atoms with Crippen LogP contribution in [-0.2, 0) is 16.1 Å². The molecule has 0 radical (unpaired) electrons. The molecule has 29 heavy (non-hydrogen) atoms. The van der Waals surface area contributed by atoms with Crippen molar-refractivity contribution in [1.29, 1.82) is 0 Å². The van der Waals surface area contributed by atoms with E-state index in [4.69, 9.17) is 9.47 Å². The molecule has 1 aliphatic rings. The third-order valence-corrected chi connectivity index (χ3v) is 5.43. The summed E-state index contributed by atoms with van der Waals surface area (Å²) in [6, 6.07) is 18.9. The highest BCUT2D eigenvalue weighted by atomic mass is 16.6. The van der Waals surface area contributed by atoms with Gasteiger partial charge >= 0.3 is 5.97 Å². The lowest BCUT2D eigenvalue weighted by atomic mass is 9.86. The van der Waals surface area contributed by atoms with Crippen LogP contribution < -0.4 is 4.74 Å². The van der Waals surface area contributed by atoms with Gasteiger partial charge in [0.15, 0.2) is 0 Å². The molecule has 0 bridgehead atoms. The van der Waals surface area contributed by atoms with Crippen LogP contribution in [0.5, 0.6) is 5.75 Å². The Kier molecular flexibility index (Phi) is 6.96. The van der Waals surface area contributed by atoms with E-state index < -0.39 is 5.60 Å². The van der Waals surface area contributed by atoms with E-state index in [1.165, 1.54) is 11.1 Å². The van der Waals surface area contributed by atoms with Crippen molar-refractivity contribution in [2.45, 2.75) is 51.7 Å². The van der Waals surface area contributed by atoms with E-state index in [1.807, 2.05) is 26.8 Å². The Balaban J connectivity index is 1.71. The minimum Gasteiger partial charge on any atom is -0.497 e. The van der Waals surface area contributed by atoms with E-state index in [0.717, 1.165) is 31.8 Å². The second-order valence-electron chi connectivity index (χ2n) is 8.95. The first-order valence-corrected chi connectivity index (χ1v) is 10.5. The highest BCUT2D eigenvalue weighted by Crippen LogP contribution is 2.37.